The highest BCUT2D eigenvalue weighted by Gasteiger charge is 2.14. The van der Waals surface area contributed by atoms with Crippen LogP contribution in [0.15, 0.2) is 36.5 Å². The molecule has 86 valence electrons. The van der Waals surface area contributed by atoms with Gasteiger partial charge in [0.25, 0.3) is 0 Å². The minimum absolute atomic E-state index is 0.740. The minimum atomic E-state index is 0.740. The summed E-state index contributed by atoms with van der Waals surface area (Å²) in [5.74, 6) is 0.740. The molecule has 1 saturated carbocycles. The molecular weight excluding hydrogens is 180 g/mol. The van der Waals surface area contributed by atoms with Crippen LogP contribution in [0.25, 0.3) is 0 Å². The topological polar surface area (TPSA) is 0 Å². The maximum absolute atomic E-state index is 4.12. The van der Waals surface area contributed by atoms with Crippen molar-refractivity contribution in [2.75, 3.05) is 0 Å². The summed E-state index contributed by atoms with van der Waals surface area (Å²) in [6.07, 6.45) is 11.0. The zero-order valence-corrected chi connectivity index (χ0v) is 10.7. The van der Waals surface area contributed by atoms with Crippen LogP contribution in [0.3, 0.4) is 0 Å². The van der Waals surface area contributed by atoms with Crippen molar-refractivity contribution in [2.24, 2.45) is 5.92 Å². The lowest BCUT2D eigenvalue weighted by Gasteiger charge is -2.21. The lowest BCUT2D eigenvalue weighted by Crippen LogP contribution is -2.06. The van der Waals surface area contributed by atoms with Crippen LogP contribution in [-0.2, 0) is 0 Å². The molecule has 0 heterocycles. The van der Waals surface area contributed by atoms with E-state index in [4.69, 9.17) is 0 Å². The highest BCUT2D eigenvalue weighted by Crippen LogP contribution is 2.29. The van der Waals surface area contributed by atoms with Crippen LogP contribution in [0.4, 0.5) is 0 Å². The van der Waals surface area contributed by atoms with E-state index in [-0.39, 0.29) is 0 Å². The van der Waals surface area contributed by atoms with E-state index in [9.17, 15) is 0 Å². The molecule has 1 aliphatic carbocycles. The first kappa shape index (κ1) is 14.2. The molecule has 1 rings (SSSR count). The Hall–Kier alpha value is -0.780. The smallest absolute Gasteiger partial charge is 0.0168 e. The van der Waals surface area contributed by atoms with Crippen LogP contribution < -0.4 is 0 Å². The van der Waals surface area contributed by atoms with Crippen molar-refractivity contribution < 1.29 is 0 Å². The minimum Gasteiger partial charge on any atom is -0.0961 e. The van der Waals surface area contributed by atoms with Gasteiger partial charge in [-0.05, 0) is 25.7 Å². The first-order valence-electron chi connectivity index (χ1n) is 6.22. The molecule has 0 N–H and O–H groups in total. The van der Waals surface area contributed by atoms with E-state index in [1.165, 1.54) is 37.7 Å². The van der Waals surface area contributed by atoms with Crippen LogP contribution >= 0.6 is 0 Å². The summed E-state index contributed by atoms with van der Waals surface area (Å²) < 4.78 is 0. The first-order chi connectivity index (χ1) is 7.20. The van der Waals surface area contributed by atoms with Crippen LogP contribution in [0, 0.1) is 5.92 Å². The van der Waals surface area contributed by atoms with E-state index in [1.807, 2.05) is 20.8 Å². The van der Waals surface area contributed by atoms with E-state index in [0.29, 0.717) is 0 Å². The van der Waals surface area contributed by atoms with Crippen molar-refractivity contribution >= 4 is 0 Å². The monoisotopic (exact) mass is 206 g/mol. The molecule has 1 fully saturated rings. The van der Waals surface area contributed by atoms with Crippen molar-refractivity contribution in [3.8, 4) is 0 Å². The number of rotatable bonds is 3. The second-order valence-corrected chi connectivity index (χ2v) is 4.09. The average Bonchev–Trinajstić information content (AvgIpc) is 2.30. The molecule has 0 amide bonds. The largest absolute Gasteiger partial charge is 0.0961 e. The number of hydrogen-bond donors (Lipinski definition) is 0. The van der Waals surface area contributed by atoms with Gasteiger partial charge in [0.2, 0.25) is 0 Å². The Kier molecular flexibility index (Phi) is 8.08. The highest BCUT2D eigenvalue weighted by molar-refractivity contribution is 5.24. The summed E-state index contributed by atoms with van der Waals surface area (Å²) >= 11 is 0. The Morgan fingerprint density at radius 1 is 1.00 bits per heavy atom. The van der Waals surface area contributed by atoms with E-state index in [1.54, 1.807) is 0 Å². The van der Waals surface area contributed by atoms with Gasteiger partial charge in [0.1, 0.15) is 0 Å². The zero-order valence-electron chi connectivity index (χ0n) is 10.7. The van der Waals surface area contributed by atoms with Crippen LogP contribution in [0.5, 0.6) is 0 Å². The Bertz CT molecular complexity index is 214. The molecular formula is C15H26. The first-order valence-corrected chi connectivity index (χ1v) is 6.22. The molecule has 0 aromatic heterocycles. The summed E-state index contributed by atoms with van der Waals surface area (Å²) in [5, 5.41) is 0. The van der Waals surface area contributed by atoms with Gasteiger partial charge in [-0.2, -0.15) is 0 Å². The van der Waals surface area contributed by atoms with Gasteiger partial charge in [-0.15, -0.1) is 0 Å². The third-order valence-corrected chi connectivity index (χ3v) is 2.71. The highest BCUT2D eigenvalue weighted by atomic mass is 14.2. The van der Waals surface area contributed by atoms with Gasteiger partial charge in [-0.25, -0.2) is 0 Å². The van der Waals surface area contributed by atoms with Gasteiger partial charge in [0, 0.05) is 0 Å². The molecule has 0 radical (unpaired) electrons. The Balaban J connectivity index is 0.000000921. The summed E-state index contributed by atoms with van der Waals surface area (Å²) in [7, 11) is 0. The fourth-order valence-electron chi connectivity index (χ4n) is 1.86. The lowest BCUT2D eigenvalue weighted by molar-refractivity contribution is 0.409. The molecule has 0 atom stereocenters. The van der Waals surface area contributed by atoms with E-state index in [2.05, 4.69) is 25.3 Å². The quantitative estimate of drug-likeness (QED) is 0.551. The van der Waals surface area contributed by atoms with Crippen molar-refractivity contribution in [3.05, 3.63) is 36.5 Å². The van der Waals surface area contributed by atoms with Gasteiger partial charge in [0.05, 0.1) is 0 Å². The Morgan fingerprint density at radius 3 is 2.00 bits per heavy atom. The maximum atomic E-state index is 4.12. The van der Waals surface area contributed by atoms with Crippen molar-refractivity contribution in [1.82, 2.24) is 0 Å². The molecule has 0 bridgehead atoms. The predicted octanol–water partition coefficient (Wildman–Crippen LogP) is 5.28. The van der Waals surface area contributed by atoms with Gasteiger partial charge in [-0.3, -0.25) is 0 Å². The average molecular weight is 206 g/mol. The zero-order chi connectivity index (χ0) is 11.7. The van der Waals surface area contributed by atoms with Gasteiger partial charge < -0.3 is 0 Å². The van der Waals surface area contributed by atoms with E-state index < -0.39 is 0 Å². The Labute approximate surface area is 95.8 Å². The SMILES string of the molecule is C=C(C)/C=C\C(=C)C1CCCCC1.CC. The fraction of sp³-hybridized carbons (Fsp3) is 0.600. The van der Waals surface area contributed by atoms with E-state index >= 15 is 0 Å². The molecule has 0 aromatic carbocycles. The third-order valence-electron chi connectivity index (χ3n) is 2.71. The molecule has 0 saturated heterocycles. The van der Waals surface area contributed by atoms with Crippen LogP contribution in [0.2, 0.25) is 0 Å². The summed E-state index contributed by atoms with van der Waals surface area (Å²) in [4.78, 5) is 0. The van der Waals surface area contributed by atoms with Crippen LogP contribution in [0.1, 0.15) is 52.9 Å². The molecule has 15 heavy (non-hydrogen) atoms. The van der Waals surface area contributed by atoms with E-state index in [0.717, 1.165) is 11.5 Å². The second kappa shape index (κ2) is 8.52. The fourth-order valence-corrected chi connectivity index (χ4v) is 1.86. The van der Waals surface area contributed by atoms with Crippen molar-refractivity contribution in [2.45, 2.75) is 52.9 Å². The molecule has 0 aromatic rings. The number of hydrogen-bond acceptors (Lipinski definition) is 0. The molecule has 1 aliphatic rings. The van der Waals surface area contributed by atoms with Gasteiger partial charge >= 0.3 is 0 Å². The van der Waals surface area contributed by atoms with Crippen LogP contribution in [-0.4, -0.2) is 0 Å². The number of allylic oxidation sites excluding steroid dienone is 4. The molecule has 0 spiro atoms. The molecule has 0 nitrogen and oxygen atoms in total. The molecule has 0 heteroatoms. The second-order valence-electron chi connectivity index (χ2n) is 4.09. The van der Waals surface area contributed by atoms with Crippen molar-refractivity contribution in [1.29, 1.82) is 0 Å². The maximum Gasteiger partial charge on any atom is -0.0168 e. The molecule has 0 aliphatic heterocycles. The summed E-state index contributed by atoms with van der Waals surface area (Å²) in [6.45, 7) is 14.0. The summed E-state index contributed by atoms with van der Waals surface area (Å²) in [5.41, 5.74) is 2.40. The Morgan fingerprint density at radius 2 is 1.53 bits per heavy atom. The predicted molar refractivity (Wildman–Crippen MR) is 71.0 cm³/mol. The van der Waals surface area contributed by atoms with Gasteiger partial charge in [-0.1, -0.05) is 69.6 Å². The normalized spacial score (nSPS) is 17.0. The standard InChI is InChI=1S/C13H20.C2H6/c1-11(2)9-10-12(3)13-7-5-4-6-8-13;1-2/h9-10,13H,1,3-8H2,2H3;1-2H3/b10-9-;. The third kappa shape index (κ3) is 6.33. The van der Waals surface area contributed by atoms with Gasteiger partial charge in [0.15, 0.2) is 0 Å². The molecule has 0 unspecified atom stereocenters. The lowest BCUT2D eigenvalue weighted by atomic mass is 9.84. The van der Waals surface area contributed by atoms with Crippen molar-refractivity contribution in [3.63, 3.8) is 0 Å². The summed E-state index contributed by atoms with van der Waals surface area (Å²) in [6, 6.07) is 0.